The van der Waals surface area contributed by atoms with Crippen LogP contribution >= 0.6 is 0 Å². The van der Waals surface area contributed by atoms with Crippen LogP contribution in [0.5, 0.6) is 0 Å². The van der Waals surface area contributed by atoms with Gasteiger partial charge in [0.2, 0.25) is 0 Å². The summed E-state index contributed by atoms with van der Waals surface area (Å²) in [5.74, 6) is -0.540. The first-order valence-electron chi connectivity index (χ1n) is 13.4. The number of hydrogen-bond donors (Lipinski definition) is 0. The average Bonchev–Trinajstić information content (AvgIpc) is 3.26. The van der Waals surface area contributed by atoms with Gasteiger partial charge in [-0.2, -0.15) is 0 Å². The highest BCUT2D eigenvalue weighted by molar-refractivity contribution is 5.88. The third-order valence-corrected chi connectivity index (χ3v) is 7.42. The van der Waals surface area contributed by atoms with Gasteiger partial charge in [0, 0.05) is 25.1 Å². The van der Waals surface area contributed by atoms with Crippen molar-refractivity contribution < 1.29 is 28.6 Å². The molecule has 1 aliphatic heterocycles. The Bertz CT molecular complexity index is 1410. The van der Waals surface area contributed by atoms with Crippen LogP contribution in [-0.4, -0.2) is 55.5 Å². The topological polar surface area (TPSA) is 85.4 Å². The Balaban J connectivity index is 1.32. The molecular weight excluding hydrogens is 508 g/mol. The fourth-order valence-corrected chi connectivity index (χ4v) is 5.43. The Morgan fingerprint density at radius 2 is 1.55 bits per heavy atom. The second-order valence-corrected chi connectivity index (χ2v) is 11.2. The Labute approximate surface area is 234 Å². The summed E-state index contributed by atoms with van der Waals surface area (Å²) in [7, 11) is 2.96. The van der Waals surface area contributed by atoms with Gasteiger partial charge in [0.15, 0.2) is 0 Å². The number of fused-ring (bicyclic) bond motifs is 4. The molecule has 3 aromatic rings. The molecule has 1 atom stereocenters. The van der Waals surface area contributed by atoms with E-state index in [0.717, 1.165) is 22.3 Å². The number of carbonyl (C=O) groups excluding carboxylic acids is 3. The first-order valence-corrected chi connectivity index (χ1v) is 13.4. The van der Waals surface area contributed by atoms with Gasteiger partial charge in [0.1, 0.15) is 18.2 Å². The van der Waals surface area contributed by atoms with E-state index in [1.807, 2.05) is 42.5 Å². The van der Waals surface area contributed by atoms with Gasteiger partial charge in [0.05, 0.1) is 13.7 Å². The van der Waals surface area contributed by atoms with Crippen LogP contribution in [0.15, 0.2) is 66.7 Å². The molecule has 8 nitrogen and oxygen atoms in total. The van der Waals surface area contributed by atoms with Crippen molar-refractivity contribution in [2.24, 2.45) is 0 Å². The zero-order valence-corrected chi connectivity index (χ0v) is 23.5. The Morgan fingerprint density at radius 3 is 2.15 bits per heavy atom. The summed E-state index contributed by atoms with van der Waals surface area (Å²) in [6.07, 6.45) is -0.784. The summed E-state index contributed by atoms with van der Waals surface area (Å²) in [5, 5.41) is 0. The van der Waals surface area contributed by atoms with Crippen LogP contribution in [-0.2, 0) is 32.0 Å². The van der Waals surface area contributed by atoms with Crippen molar-refractivity contribution in [3.63, 3.8) is 0 Å². The van der Waals surface area contributed by atoms with Gasteiger partial charge < -0.3 is 14.2 Å². The molecule has 0 saturated carbocycles. The van der Waals surface area contributed by atoms with E-state index >= 15 is 0 Å². The Kier molecular flexibility index (Phi) is 7.27. The van der Waals surface area contributed by atoms with E-state index < -0.39 is 29.8 Å². The smallest absolute Gasteiger partial charge is 0.414 e. The number of carbonyl (C=O) groups is 3. The van der Waals surface area contributed by atoms with E-state index in [9.17, 15) is 14.4 Å². The van der Waals surface area contributed by atoms with Crippen molar-refractivity contribution in [3.05, 3.63) is 89.0 Å². The van der Waals surface area contributed by atoms with Gasteiger partial charge in [-0.15, -0.1) is 0 Å². The zero-order chi connectivity index (χ0) is 28.6. The summed E-state index contributed by atoms with van der Waals surface area (Å²) in [6.45, 7) is 5.69. The van der Waals surface area contributed by atoms with Gasteiger partial charge in [-0.05, 0) is 66.3 Å². The minimum Gasteiger partial charge on any atom is -0.467 e. The summed E-state index contributed by atoms with van der Waals surface area (Å²) < 4.78 is 16.3. The molecule has 40 heavy (non-hydrogen) atoms. The Hall–Kier alpha value is -4.33. The molecule has 0 spiro atoms. The van der Waals surface area contributed by atoms with Gasteiger partial charge in [-0.1, -0.05) is 54.6 Å². The molecule has 1 aliphatic carbocycles. The summed E-state index contributed by atoms with van der Waals surface area (Å²) in [5.41, 5.74) is 6.26. The van der Waals surface area contributed by atoms with Crippen LogP contribution in [0.2, 0.25) is 0 Å². The monoisotopic (exact) mass is 542 g/mol. The van der Waals surface area contributed by atoms with Crippen molar-refractivity contribution in [1.29, 1.82) is 0 Å². The van der Waals surface area contributed by atoms with Crippen LogP contribution in [0.3, 0.4) is 0 Å². The summed E-state index contributed by atoms with van der Waals surface area (Å²) >= 11 is 0. The largest absolute Gasteiger partial charge is 0.467 e. The van der Waals surface area contributed by atoms with Crippen molar-refractivity contribution in [3.8, 4) is 11.1 Å². The van der Waals surface area contributed by atoms with E-state index in [0.29, 0.717) is 5.69 Å². The van der Waals surface area contributed by atoms with Crippen LogP contribution < -0.4 is 4.90 Å². The highest BCUT2D eigenvalue weighted by atomic mass is 16.6. The van der Waals surface area contributed by atoms with Crippen molar-refractivity contribution in [2.75, 3.05) is 25.7 Å². The molecule has 0 fully saturated rings. The third-order valence-electron chi connectivity index (χ3n) is 7.42. The first-order chi connectivity index (χ1) is 19.1. The normalized spacial score (nSPS) is 15.9. The molecule has 0 N–H and O–H groups in total. The molecule has 8 heteroatoms. The molecule has 0 aromatic heterocycles. The number of rotatable bonds is 4. The lowest BCUT2D eigenvalue weighted by Crippen LogP contribution is -2.50. The molecule has 1 unspecified atom stereocenters. The van der Waals surface area contributed by atoms with Crippen molar-refractivity contribution >= 4 is 23.8 Å². The van der Waals surface area contributed by atoms with Crippen LogP contribution in [0, 0.1) is 0 Å². The number of amides is 2. The zero-order valence-electron chi connectivity index (χ0n) is 23.5. The summed E-state index contributed by atoms with van der Waals surface area (Å²) in [4.78, 5) is 41.5. The molecule has 0 radical (unpaired) electrons. The molecule has 0 bridgehead atoms. The number of ether oxygens (including phenoxy) is 3. The maximum absolute atomic E-state index is 13.2. The van der Waals surface area contributed by atoms with Gasteiger partial charge in [0.25, 0.3) is 0 Å². The molecular formula is C32H34N2O6. The van der Waals surface area contributed by atoms with Crippen molar-refractivity contribution in [1.82, 2.24) is 4.90 Å². The molecule has 0 saturated heterocycles. The second kappa shape index (κ2) is 10.7. The van der Waals surface area contributed by atoms with E-state index in [2.05, 4.69) is 24.3 Å². The lowest BCUT2D eigenvalue weighted by molar-refractivity contribution is -0.147. The molecule has 208 valence electrons. The van der Waals surface area contributed by atoms with E-state index in [1.54, 1.807) is 27.8 Å². The van der Waals surface area contributed by atoms with Gasteiger partial charge in [-0.3, -0.25) is 9.80 Å². The fraction of sp³-hybridized carbons (Fsp3) is 0.344. The quantitative estimate of drug-likeness (QED) is 0.301. The van der Waals surface area contributed by atoms with Gasteiger partial charge in [-0.25, -0.2) is 14.4 Å². The van der Waals surface area contributed by atoms with E-state index in [4.69, 9.17) is 14.2 Å². The number of nitrogens with zero attached hydrogens (tertiary/aromatic N) is 2. The summed E-state index contributed by atoms with van der Waals surface area (Å²) in [6, 6.07) is 21.2. The number of esters is 1. The SMILES string of the molecule is COC(=O)C1Cc2ccc(N(C)C(=O)OCC3c4ccccc4-c4ccccc43)cc2CN1C(=O)OC(C)(C)C. The number of methoxy groups -OCH3 is 1. The fourth-order valence-electron chi connectivity index (χ4n) is 5.43. The lowest BCUT2D eigenvalue weighted by Gasteiger charge is -2.36. The van der Waals surface area contributed by atoms with E-state index in [1.165, 1.54) is 28.0 Å². The standard InChI is InChI=1S/C32H34N2O6/c1-32(2,3)40-31(37)34-18-21-16-22(15-14-20(21)17-28(34)29(35)38-5)33(4)30(36)39-19-27-25-12-8-6-10-23(25)24-11-7-9-13-26(24)27/h6-16,27-28H,17-19H2,1-5H3. The second-order valence-electron chi connectivity index (χ2n) is 11.2. The maximum Gasteiger partial charge on any atom is 0.414 e. The van der Waals surface area contributed by atoms with Gasteiger partial charge >= 0.3 is 18.2 Å². The minimum absolute atomic E-state index is 0.0362. The maximum atomic E-state index is 13.2. The predicted molar refractivity (Wildman–Crippen MR) is 151 cm³/mol. The molecule has 3 aromatic carbocycles. The number of hydrogen-bond acceptors (Lipinski definition) is 6. The van der Waals surface area contributed by atoms with E-state index in [-0.39, 0.29) is 25.5 Å². The Morgan fingerprint density at radius 1 is 0.925 bits per heavy atom. The predicted octanol–water partition coefficient (Wildman–Crippen LogP) is 5.91. The number of anilines is 1. The first kappa shape index (κ1) is 27.2. The van der Waals surface area contributed by atoms with Crippen LogP contribution in [0.25, 0.3) is 11.1 Å². The van der Waals surface area contributed by atoms with Crippen LogP contribution in [0.4, 0.5) is 15.3 Å². The lowest BCUT2D eigenvalue weighted by atomic mass is 9.93. The molecule has 2 amide bonds. The number of benzene rings is 3. The average molecular weight is 543 g/mol. The van der Waals surface area contributed by atoms with Crippen molar-refractivity contribution in [2.45, 2.75) is 51.3 Å². The highest BCUT2D eigenvalue weighted by Crippen LogP contribution is 2.44. The molecule has 1 heterocycles. The highest BCUT2D eigenvalue weighted by Gasteiger charge is 2.38. The third kappa shape index (κ3) is 5.26. The van der Waals surface area contributed by atoms with Crippen LogP contribution in [0.1, 0.15) is 48.9 Å². The minimum atomic E-state index is -0.793. The molecule has 2 aliphatic rings. The molecule has 5 rings (SSSR count).